The lowest BCUT2D eigenvalue weighted by Crippen LogP contribution is -2.41. The highest BCUT2D eigenvalue weighted by atomic mass is 16.5. The number of hydrogen-bond acceptors (Lipinski definition) is 2. The van der Waals surface area contributed by atoms with Gasteiger partial charge in [-0.05, 0) is 37.5 Å². The molecule has 2 nitrogen and oxygen atoms in total. The molecule has 2 heteroatoms. The van der Waals surface area contributed by atoms with Crippen LogP contribution in [0, 0.1) is 11.3 Å². The standard InChI is InChI=1S/C11H23NO/c1-4-13-8-9-7-11(2,3)6-5-10(9)12/h9-10H,4-8,12H2,1-3H3. The van der Waals surface area contributed by atoms with Crippen LogP contribution in [0.25, 0.3) is 0 Å². The van der Waals surface area contributed by atoms with Gasteiger partial charge in [-0.1, -0.05) is 13.8 Å². The summed E-state index contributed by atoms with van der Waals surface area (Å²) in [5.41, 5.74) is 6.53. The zero-order valence-electron chi connectivity index (χ0n) is 9.18. The van der Waals surface area contributed by atoms with Crippen molar-refractivity contribution in [1.29, 1.82) is 0 Å². The van der Waals surface area contributed by atoms with E-state index in [9.17, 15) is 0 Å². The van der Waals surface area contributed by atoms with Crippen LogP contribution < -0.4 is 5.73 Å². The Hall–Kier alpha value is -0.0800. The molecule has 0 radical (unpaired) electrons. The van der Waals surface area contributed by atoms with Crippen molar-refractivity contribution in [2.24, 2.45) is 17.1 Å². The SMILES string of the molecule is CCOCC1CC(C)(C)CCC1N. The summed E-state index contributed by atoms with van der Waals surface area (Å²) >= 11 is 0. The Balaban J connectivity index is 2.41. The van der Waals surface area contributed by atoms with E-state index in [1.807, 2.05) is 6.92 Å². The summed E-state index contributed by atoms with van der Waals surface area (Å²) < 4.78 is 5.46. The van der Waals surface area contributed by atoms with E-state index < -0.39 is 0 Å². The Morgan fingerprint density at radius 3 is 2.77 bits per heavy atom. The molecule has 1 saturated carbocycles. The Morgan fingerprint density at radius 2 is 2.15 bits per heavy atom. The number of nitrogens with two attached hydrogens (primary N) is 1. The minimum absolute atomic E-state index is 0.361. The van der Waals surface area contributed by atoms with E-state index in [1.54, 1.807) is 0 Å². The molecule has 0 amide bonds. The van der Waals surface area contributed by atoms with Crippen molar-refractivity contribution >= 4 is 0 Å². The largest absolute Gasteiger partial charge is 0.381 e. The second-order valence-electron chi connectivity index (χ2n) is 4.99. The van der Waals surface area contributed by atoms with Gasteiger partial charge >= 0.3 is 0 Å². The highest BCUT2D eigenvalue weighted by Gasteiger charge is 2.32. The number of rotatable bonds is 3. The maximum atomic E-state index is 6.06. The molecule has 2 N–H and O–H groups in total. The summed E-state index contributed by atoms with van der Waals surface area (Å²) in [6, 6.07) is 0.361. The van der Waals surface area contributed by atoms with Gasteiger partial charge in [0, 0.05) is 12.6 Å². The van der Waals surface area contributed by atoms with Gasteiger partial charge in [0.15, 0.2) is 0 Å². The topological polar surface area (TPSA) is 35.2 Å². The van der Waals surface area contributed by atoms with Crippen LogP contribution in [0.1, 0.15) is 40.0 Å². The molecule has 0 aromatic rings. The minimum Gasteiger partial charge on any atom is -0.381 e. The molecule has 1 aliphatic carbocycles. The first-order valence-corrected chi connectivity index (χ1v) is 5.38. The van der Waals surface area contributed by atoms with Crippen molar-refractivity contribution in [3.63, 3.8) is 0 Å². The number of hydrogen-bond donors (Lipinski definition) is 1. The zero-order valence-corrected chi connectivity index (χ0v) is 9.18. The third-order valence-electron chi connectivity index (χ3n) is 3.11. The van der Waals surface area contributed by atoms with Gasteiger partial charge in [0.2, 0.25) is 0 Å². The van der Waals surface area contributed by atoms with Crippen LogP contribution in [0.5, 0.6) is 0 Å². The van der Waals surface area contributed by atoms with Crippen molar-refractivity contribution in [2.45, 2.75) is 46.1 Å². The van der Waals surface area contributed by atoms with Gasteiger partial charge in [-0.3, -0.25) is 0 Å². The van der Waals surface area contributed by atoms with Crippen LogP contribution in [0.15, 0.2) is 0 Å². The van der Waals surface area contributed by atoms with Crippen molar-refractivity contribution in [3.05, 3.63) is 0 Å². The third kappa shape index (κ3) is 3.28. The van der Waals surface area contributed by atoms with Gasteiger partial charge in [0.25, 0.3) is 0 Å². The lowest BCUT2D eigenvalue weighted by atomic mass is 9.70. The molecule has 2 atom stereocenters. The fraction of sp³-hybridized carbons (Fsp3) is 1.00. The Morgan fingerprint density at radius 1 is 1.46 bits per heavy atom. The summed E-state index contributed by atoms with van der Waals surface area (Å²) in [4.78, 5) is 0. The lowest BCUT2D eigenvalue weighted by molar-refractivity contribution is 0.0528. The van der Waals surface area contributed by atoms with E-state index in [4.69, 9.17) is 10.5 Å². The molecule has 1 fully saturated rings. The Labute approximate surface area is 81.8 Å². The monoisotopic (exact) mass is 185 g/mol. The normalized spacial score (nSPS) is 33.2. The zero-order chi connectivity index (χ0) is 9.90. The smallest absolute Gasteiger partial charge is 0.0509 e. The van der Waals surface area contributed by atoms with E-state index in [-0.39, 0.29) is 0 Å². The summed E-state index contributed by atoms with van der Waals surface area (Å²) in [5.74, 6) is 0.573. The molecule has 0 aliphatic heterocycles. The average molecular weight is 185 g/mol. The molecule has 78 valence electrons. The highest BCUT2D eigenvalue weighted by molar-refractivity contribution is 4.86. The Kier molecular flexibility index (Phi) is 3.74. The lowest BCUT2D eigenvalue weighted by Gasteiger charge is -2.39. The van der Waals surface area contributed by atoms with Gasteiger partial charge in [-0.25, -0.2) is 0 Å². The fourth-order valence-corrected chi connectivity index (χ4v) is 2.21. The van der Waals surface area contributed by atoms with Crippen LogP contribution in [0.2, 0.25) is 0 Å². The molecule has 0 spiro atoms. The predicted molar refractivity (Wildman–Crippen MR) is 55.6 cm³/mol. The molecule has 13 heavy (non-hydrogen) atoms. The fourth-order valence-electron chi connectivity index (χ4n) is 2.21. The molecule has 1 rings (SSSR count). The molecule has 0 bridgehead atoms. The quantitative estimate of drug-likeness (QED) is 0.731. The summed E-state index contributed by atoms with van der Waals surface area (Å²) in [6.07, 6.45) is 3.63. The maximum Gasteiger partial charge on any atom is 0.0509 e. The second kappa shape index (κ2) is 4.43. The average Bonchev–Trinajstić information content (AvgIpc) is 2.07. The maximum absolute atomic E-state index is 6.06. The predicted octanol–water partition coefficient (Wildman–Crippen LogP) is 2.18. The summed E-state index contributed by atoms with van der Waals surface area (Å²) in [5, 5.41) is 0. The van der Waals surface area contributed by atoms with Crippen LogP contribution in [0.3, 0.4) is 0 Å². The molecule has 0 saturated heterocycles. The first-order chi connectivity index (χ1) is 6.05. The minimum atomic E-state index is 0.361. The van der Waals surface area contributed by atoms with Crippen LogP contribution in [-0.2, 0) is 4.74 Å². The van der Waals surface area contributed by atoms with Crippen molar-refractivity contribution in [1.82, 2.24) is 0 Å². The van der Waals surface area contributed by atoms with Gasteiger partial charge in [-0.15, -0.1) is 0 Å². The molecular formula is C11H23NO. The van der Waals surface area contributed by atoms with Gasteiger partial charge in [-0.2, -0.15) is 0 Å². The molecule has 2 unspecified atom stereocenters. The number of ether oxygens (including phenoxy) is 1. The van der Waals surface area contributed by atoms with E-state index in [0.29, 0.717) is 17.4 Å². The summed E-state index contributed by atoms with van der Waals surface area (Å²) in [6.45, 7) is 8.36. The van der Waals surface area contributed by atoms with E-state index in [1.165, 1.54) is 12.8 Å². The van der Waals surface area contributed by atoms with Gasteiger partial charge < -0.3 is 10.5 Å². The van der Waals surface area contributed by atoms with Crippen molar-refractivity contribution in [2.75, 3.05) is 13.2 Å². The van der Waals surface area contributed by atoms with Crippen LogP contribution in [0.4, 0.5) is 0 Å². The molecule has 1 aliphatic rings. The van der Waals surface area contributed by atoms with Gasteiger partial charge in [0.1, 0.15) is 0 Å². The first-order valence-electron chi connectivity index (χ1n) is 5.38. The van der Waals surface area contributed by atoms with E-state index in [2.05, 4.69) is 13.8 Å². The highest BCUT2D eigenvalue weighted by Crippen LogP contribution is 2.37. The molecule has 0 aromatic carbocycles. The van der Waals surface area contributed by atoms with E-state index in [0.717, 1.165) is 19.6 Å². The first kappa shape index (κ1) is 11.0. The Bertz CT molecular complexity index is 156. The third-order valence-corrected chi connectivity index (χ3v) is 3.11. The summed E-state index contributed by atoms with van der Waals surface area (Å²) in [7, 11) is 0. The van der Waals surface area contributed by atoms with Crippen molar-refractivity contribution < 1.29 is 4.74 Å². The van der Waals surface area contributed by atoms with Crippen LogP contribution in [-0.4, -0.2) is 19.3 Å². The van der Waals surface area contributed by atoms with Crippen molar-refractivity contribution in [3.8, 4) is 0 Å². The molecule has 0 heterocycles. The van der Waals surface area contributed by atoms with Gasteiger partial charge in [0.05, 0.1) is 6.61 Å². The molecular weight excluding hydrogens is 162 g/mol. The van der Waals surface area contributed by atoms with E-state index >= 15 is 0 Å². The molecule has 0 aromatic heterocycles. The second-order valence-corrected chi connectivity index (χ2v) is 4.99. The van der Waals surface area contributed by atoms with Crippen LogP contribution >= 0.6 is 0 Å².